The van der Waals surface area contributed by atoms with Crippen molar-refractivity contribution < 1.29 is 18.0 Å². The Morgan fingerprint density at radius 2 is 2.04 bits per heavy atom. The summed E-state index contributed by atoms with van der Waals surface area (Å²) in [5, 5.41) is 1.95. The zero-order valence-electron chi connectivity index (χ0n) is 13.5. The molecule has 2 heterocycles. The predicted molar refractivity (Wildman–Crippen MR) is 86.8 cm³/mol. The molecule has 2 amide bonds. The molecule has 2 N–H and O–H groups in total. The fourth-order valence-corrected chi connectivity index (χ4v) is 3.01. The van der Waals surface area contributed by atoms with Crippen LogP contribution in [0.2, 0.25) is 0 Å². The van der Waals surface area contributed by atoms with Gasteiger partial charge in [0.2, 0.25) is 0 Å². The highest BCUT2D eigenvalue weighted by Gasteiger charge is 2.33. The SMILES string of the molecule is O=C(NCC(F)(F)F)N1CCCCC1c1ncc(-c2ccccc2)[nH]1. The van der Waals surface area contributed by atoms with Gasteiger partial charge >= 0.3 is 12.2 Å². The molecule has 1 fully saturated rings. The van der Waals surface area contributed by atoms with Gasteiger partial charge in [-0.1, -0.05) is 30.3 Å². The lowest BCUT2D eigenvalue weighted by Gasteiger charge is -2.34. The molecule has 25 heavy (non-hydrogen) atoms. The van der Waals surface area contributed by atoms with Crippen LogP contribution in [0.1, 0.15) is 31.1 Å². The lowest BCUT2D eigenvalue weighted by molar-refractivity contribution is -0.123. The maximum absolute atomic E-state index is 12.3. The van der Waals surface area contributed by atoms with Gasteiger partial charge in [0, 0.05) is 6.54 Å². The minimum Gasteiger partial charge on any atom is -0.340 e. The maximum Gasteiger partial charge on any atom is 0.405 e. The molecule has 1 atom stereocenters. The number of alkyl halides is 3. The largest absolute Gasteiger partial charge is 0.405 e. The van der Waals surface area contributed by atoms with Crippen LogP contribution in [0.5, 0.6) is 0 Å². The first-order valence-electron chi connectivity index (χ1n) is 8.15. The van der Waals surface area contributed by atoms with Crippen molar-refractivity contribution >= 4 is 6.03 Å². The Kier molecular flexibility index (Phi) is 4.96. The molecule has 1 unspecified atom stereocenters. The third-order valence-electron chi connectivity index (χ3n) is 4.20. The number of halogens is 3. The van der Waals surface area contributed by atoms with Gasteiger partial charge in [-0.2, -0.15) is 13.2 Å². The van der Waals surface area contributed by atoms with Crippen LogP contribution in [-0.2, 0) is 0 Å². The number of aromatic amines is 1. The molecule has 0 radical (unpaired) electrons. The van der Waals surface area contributed by atoms with Gasteiger partial charge in [-0.15, -0.1) is 0 Å². The molecule has 1 aromatic heterocycles. The van der Waals surface area contributed by atoms with E-state index in [1.165, 1.54) is 4.90 Å². The van der Waals surface area contributed by atoms with E-state index in [1.54, 1.807) is 6.20 Å². The van der Waals surface area contributed by atoms with Crippen molar-refractivity contribution in [2.45, 2.75) is 31.5 Å². The minimum absolute atomic E-state index is 0.348. The number of H-pyrrole nitrogens is 1. The number of hydrogen-bond acceptors (Lipinski definition) is 2. The smallest absolute Gasteiger partial charge is 0.340 e. The van der Waals surface area contributed by atoms with Crippen LogP contribution in [0.15, 0.2) is 36.5 Å². The molecular formula is C17H19F3N4O. The third-order valence-corrected chi connectivity index (χ3v) is 4.20. The highest BCUT2D eigenvalue weighted by molar-refractivity contribution is 5.74. The van der Waals surface area contributed by atoms with Crippen molar-refractivity contribution in [1.82, 2.24) is 20.2 Å². The Bertz CT molecular complexity index is 714. The Hall–Kier alpha value is -2.51. The number of urea groups is 1. The van der Waals surface area contributed by atoms with Crippen LogP contribution in [0.25, 0.3) is 11.3 Å². The number of nitrogens with one attached hydrogen (secondary N) is 2. The van der Waals surface area contributed by atoms with E-state index in [9.17, 15) is 18.0 Å². The van der Waals surface area contributed by atoms with E-state index in [0.29, 0.717) is 18.8 Å². The number of likely N-dealkylation sites (tertiary alicyclic amines) is 1. The molecule has 1 aromatic carbocycles. The number of aromatic nitrogens is 2. The van der Waals surface area contributed by atoms with E-state index in [-0.39, 0.29) is 6.04 Å². The van der Waals surface area contributed by atoms with Crippen molar-refractivity contribution in [2.75, 3.05) is 13.1 Å². The second-order valence-corrected chi connectivity index (χ2v) is 6.03. The molecule has 3 rings (SSSR count). The highest BCUT2D eigenvalue weighted by Crippen LogP contribution is 2.30. The lowest BCUT2D eigenvalue weighted by Crippen LogP contribution is -2.47. The van der Waals surface area contributed by atoms with Gasteiger partial charge in [-0.25, -0.2) is 9.78 Å². The second-order valence-electron chi connectivity index (χ2n) is 6.03. The number of benzene rings is 1. The van der Waals surface area contributed by atoms with Gasteiger partial charge in [0.25, 0.3) is 0 Å². The van der Waals surface area contributed by atoms with Crippen molar-refractivity contribution in [3.63, 3.8) is 0 Å². The number of imidazole rings is 1. The number of hydrogen-bond donors (Lipinski definition) is 2. The molecule has 1 aliphatic heterocycles. The summed E-state index contributed by atoms with van der Waals surface area (Å²) in [5.41, 5.74) is 1.78. The molecule has 1 saturated heterocycles. The van der Waals surface area contributed by atoms with Crippen LogP contribution in [0, 0.1) is 0 Å². The van der Waals surface area contributed by atoms with E-state index >= 15 is 0 Å². The topological polar surface area (TPSA) is 61.0 Å². The molecule has 134 valence electrons. The lowest BCUT2D eigenvalue weighted by atomic mass is 10.0. The minimum atomic E-state index is -4.42. The second kappa shape index (κ2) is 7.16. The van der Waals surface area contributed by atoms with Crippen LogP contribution in [0.3, 0.4) is 0 Å². The maximum atomic E-state index is 12.3. The fourth-order valence-electron chi connectivity index (χ4n) is 3.01. The fraction of sp³-hybridized carbons (Fsp3) is 0.412. The van der Waals surface area contributed by atoms with Crippen molar-refractivity contribution in [3.8, 4) is 11.3 Å². The van der Waals surface area contributed by atoms with Gasteiger partial charge < -0.3 is 15.2 Å². The predicted octanol–water partition coefficient (Wildman–Crippen LogP) is 3.88. The zero-order valence-corrected chi connectivity index (χ0v) is 13.5. The van der Waals surface area contributed by atoms with Gasteiger partial charge in [0.1, 0.15) is 12.4 Å². The van der Waals surface area contributed by atoms with E-state index in [0.717, 1.165) is 24.1 Å². The standard InChI is InChI=1S/C17H19F3N4O/c18-17(19,20)11-22-16(25)24-9-5-4-8-14(24)15-21-10-13(23-15)12-6-2-1-3-7-12/h1-3,6-7,10,14H,4-5,8-9,11H2,(H,21,23)(H,22,25). The monoisotopic (exact) mass is 352 g/mol. The van der Waals surface area contributed by atoms with Crippen LogP contribution in [0.4, 0.5) is 18.0 Å². The summed E-state index contributed by atoms with van der Waals surface area (Å²) >= 11 is 0. The summed E-state index contributed by atoms with van der Waals surface area (Å²) in [6, 6.07) is 8.55. The van der Waals surface area contributed by atoms with Crippen molar-refractivity contribution in [3.05, 3.63) is 42.4 Å². The average molecular weight is 352 g/mol. The van der Waals surface area contributed by atoms with Gasteiger partial charge in [-0.05, 0) is 24.8 Å². The molecule has 0 spiro atoms. The Morgan fingerprint density at radius 3 is 2.76 bits per heavy atom. The number of rotatable bonds is 3. The first kappa shape index (κ1) is 17.3. The summed E-state index contributed by atoms with van der Waals surface area (Å²) in [6.07, 6.45) is -0.407. The Balaban J connectivity index is 1.75. The average Bonchev–Trinajstić information content (AvgIpc) is 3.10. The number of piperidine rings is 1. The molecule has 8 heteroatoms. The van der Waals surface area contributed by atoms with E-state index in [2.05, 4.69) is 9.97 Å². The first-order chi connectivity index (χ1) is 11.9. The van der Waals surface area contributed by atoms with E-state index in [4.69, 9.17) is 0 Å². The normalized spacial score (nSPS) is 18.2. The molecule has 2 aromatic rings. The van der Waals surface area contributed by atoms with Gasteiger partial charge in [-0.3, -0.25) is 0 Å². The Morgan fingerprint density at radius 1 is 1.28 bits per heavy atom. The van der Waals surface area contributed by atoms with Crippen LogP contribution in [-0.4, -0.2) is 40.2 Å². The summed E-state index contributed by atoms with van der Waals surface area (Å²) in [6.45, 7) is -0.918. The van der Waals surface area contributed by atoms with E-state index in [1.807, 2.05) is 35.6 Å². The summed E-state index contributed by atoms with van der Waals surface area (Å²) < 4.78 is 37.0. The summed E-state index contributed by atoms with van der Waals surface area (Å²) in [5.74, 6) is 0.598. The molecule has 0 aliphatic carbocycles. The summed E-state index contributed by atoms with van der Waals surface area (Å²) in [7, 11) is 0. The molecular weight excluding hydrogens is 333 g/mol. The van der Waals surface area contributed by atoms with Crippen LogP contribution < -0.4 is 5.32 Å². The first-order valence-corrected chi connectivity index (χ1v) is 8.15. The zero-order chi connectivity index (χ0) is 17.9. The number of nitrogens with zero attached hydrogens (tertiary/aromatic N) is 2. The molecule has 1 aliphatic rings. The summed E-state index contributed by atoms with van der Waals surface area (Å²) in [4.78, 5) is 21.2. The molecule has 0 bridgehead atoms. The van der Waals surface area contributed by atoms with Gasteiger partial charge in [0.05, 0.1) is 17.9 Å². The van der Waals surface area contributed by atoms with Crippen LogP contribution >= 0.6 is 0 Å². The number of carbonyl (C=O) groups is 1. The van der Waals surface area contributed by atoms with Crippen molar-refractivity contribution in [1.29, 1.82) is 0 Å². The van der Waals surface area contributed by atoms with E-state index < -0.39 is 18.8 Å². The third kappa shape index (κ3) is 4.32. The quantitative estimate of drug-likeness (QED) is 0.881. The van der Waals surface area contributed by atoms with Crippen molar-refractivity contribution in [2.24, 2.45) is 0 Å². The highest BCUT2D eigenvalue weighted by atomic mass is 19.4. The molecule has 0 saturated carbocycles. The number of amides is 2. The molecule has 5 nitrogen and oxygen atoms in total. The Labute approximate surface area is 143 Å². The van der Waals surface area contributed by atoms with Gasteiger partial charge in [0.15, 0.2) is 0 Å². The number of carbonyl (C=O) groups excluding carboxylic acids is 1.